The minimum atomic E-state index is -0.745. The van der Waals surface area contributed by atoms with E-state index in [1.54, 1.807) is 0 Å². The normalized spacial score (nSPS) is 23.4. The maximum atomic E-state index is 5.52. The molecular weight excluding hydrogens is 140 g/mol. The lowest BCUT2D eigenvalue weighted by Crippen LogP contribution is -2.20. The molecule has 1 fully saturated rings. The molecule has 1 nitrogen and oxygen atoms in total. The third-order valence-electron chi connectivity index (χ3n) is 2.63. The molecule has 0 aliphatic heterocycles. The number of rotatable bonds is 3. The van der Waals surface area contributed by atoms with E-state index in [1.807, 2.05) is 7.11 Å². The molecule has 60 valence electrons. The highest BCUT2D eigenvalue weighted by Crippen LogP contribution is 2.33. The third kappa shape index (κ3) is 1.83. The zero-order valence-corrected chi connectivity index (χ0v) is 8.25. The monoisotopic (exact) mass is 158 g/mol. The molecule has 0 radical (unpaired) electrons. The quantitative estimate of drug-likeness (QED) is 0.573. The SMILES string of the molecule is CC[SiH](OC)C1CCCC1. The van der Waals surface area contributed by atoms with Crippen molar-refractivity contribution in [1.82, 2.24) is 0 Å². The molecule has 10 heavy (non-hydrogen) atoms. The summed E-state index contributed by atoms with van der Waals surface area (Å²) in [4.78, 5) is 0. The fraction of sp³-hybridized carbons (Fsp3) is 1.00. The molecule has 0 aromatic heterocycles. The van der Waals surface area contributed by atoms with Gasteiger partial charge in [-0.15, -0.1) is 0 Å². The summed E-state index contributed by atoms with van der Waals surface area (Å²) in [6.07, 6.45) is 5.83. The highest BCUT2D eigenvalue weighted by molar-refractivity contribution is 6.53. The highest BCUT2D eigenvalue weighted by atomic mass is 28.3. The van der Waals surface area contributed by atoms with Gasteiger partial charge in [0.05, 0.1) is 0 Å². The van der Waals surface area contributed by atoms with Gasteiger partial charge >= 0.3 is 0 Å². The largest absolute Gasteiger partial charge is 0.423 e. The van der Waals surface area contributed by atoms with Crippen LogP contribution < -0.4 is 0 Å². The second kappa shape index (κ2) is 4.14. The van der Waals surface area contributed by atoms with Crippen LogP contribution >= 0.6 is 0 Å². The number of hydrogen-bond acceptors (Lipinski definition) is 1. The van der Waals surface area contributed by atoms with E-state index in [0.29, 0.717) is 0 Å². The first-order valence-corrected chi connectivity index (χ1v) is 6.36. The van der Waals surface area contributed by atoms with Crippen molar-refractivity contribution in [3.8, 4) is 0 Å². The molecule has 1 saturated carbocycles. The molecule has 1 unspecified atom stereocenters. The summed E-state index contributed by atoms with van der Waals surface area (Å²) < 4.78 is 5.52. The van der Waals surface area contributed by atoms with Gasteiger partial charge in [0.25, 0.3) is 0 Å². The predicted octanol–water partition coefficient (Wildman–Crippen LogP) is 2.32. The van der Waals surface area contributed by atoms with Crippen LogP contribution in [0, 0.1) is 0 Å². The van der Waals surface area contributed by atoms with Crippen molar-refractivity contribution in [3.05, 3.63) is 0 Å². The Morgan fingerprint density at radius 2 is 2.00 bits per heavy atom. The molecule has 0 bridgehead atoms. The van der Waals surface area contributed by atoms with Gasteiger partial charge in [-0.1, -0.05) is 32.6 Å². The van der Waals surface area contributed by atoms with Gasteiger partial charge in [-0.25, -0.2) is 0 Å². The zero-order valence-electron chi connectivity index (χ0n) is 7.10. The van der Waals surface area contributed by atoms with E-state index in [4.69, 9.17) is 4.43 Å². The molecule has 0 aromatic rings. The van der Waals surface area contributed by atoms with Crippen LogP contribution in [0.15, 0.2) is 0 Å². The summed E-state index contributed by atoms with van der Waals surface area (Å²) in [5, 5.41) is 0. The Morgan fingerprint density at radius 3 is 2.40 bits per heavy atom. The maximum Gasteiger partial charge on any atom is 0.179 e. The predicted molar refractivity (Wildman–Crippen MR) is 46.9 cm³/mol. The van der Waals surface area contributed by atoms with E-state index in [0.717, 1.165) is 5.54 Å². The Labute approximate surface area is 65.5 Å². The molecule has 0 saturated heterocycles. The molecule has 0 spiro atoms. The molecule has 1 rings (SSSR count). The van der Waals surface area contributed by atoms with E-state index >= 15 is 0 Å². The fourth-order valence-corrected chi connectivity index (χ4v) is 4.62. The average Bonchev–Trinajstić information content (AvgIpc) is 2.43. The Morgan fingerprint density at radius 1 is 1.40 bits per heavy atom. The van der Waals surface area contributed by atoms with Crippen LogP contribution in [0.4, 0.5) is 0 Å². The van der Waals surface area contributed by atoms with Crippen LogP contribution in [0.25, 0.3) is 0 Å². The molecular formula is C8H18OSi. The molecule has 0 amide bonds. The van der Waals surface area contributed by atoms with E-state index < -0.39 is 9.04 Å². The summed E-state index contributed by atoms with van der Waals surface area (Å²) >= 11 is 0. The van der Waals surface area contributed by atoms with Crippen LogP contribution in [-0.4, -0.2) is 16.2 Å². The smallest absolute Gasteiger partial charge is 0.179 e. The minimum Gasteiger partial charge on any atom is -0.423 e. The summed E-state index contributed by atoms with van der Waals surface area (Å²) in [6, 6.07) is 1.32. The van der Waals surface area contributed by atoms with Crippen molar-refractivity contribution in [2.45, 2.75) is 44.2 Å². The van der Waals surface area contributed by atoms with Crippen molar-refractivity contribution in [3.63, 3.8) is 0 Å². The van der Waals surface area contributed by atoms with Crippen molar-refractivity contribution in [2.75, 3.05) is 7.11 Å². The lowest BCUT2D eigenvalue weighted by atomic mass is 10.4. The van der Waals surface area contributed by atoms with Gasteiger partial charge in [0.2, 0.25) is 0 Å². The van der Waals surface area contributed by atoms with E-state index in [1.165, 1.54) is 31.7 Å². The van der Waals surface area contributed by atoms with E-state index in [9.17, 15) is 0 Å². The lowest BCUT2D eigenvalue weighted by molar-refractivity contribution is 0.405. The van der Waals surface area contributed by atoms with Gasteiger partial charge in [0, 0.05) is 7.11 Å². The fourth-order valence-electron chi connectivity index (χ4n) is 2.02. The Balaban J connectivity index is 2.29. The van der Waals surface area contributed by atoms with Crippen LogP contribution in [0.5, 0.6) is 0 Å². The molecule has 1 aliphatic carbocycles. The first kappa shape index (κ1) is 8.28. The molecule has 0 heterocycles. The molecule has 1 atom stereocenters. The maximum absolute atomic E-state index is 5.52. The minimum absolute atomic E-state index is 0.745. The van der Waals surface area contributed by atoms with E-state index in [2.05, 4.69) is 6.92 Å². The van der Waals surface area contributed by atoms with Crippen LogP contribution in [0.3, 0.4) is 0 Å². The van der Waals surface area contributed by atoms with Crippen LogP contribution in [-0.2, 0) is 4.43 Å². The first-order chi connectivity index (χ1) is 4.88. The Hall–Kier alpha value is 0.177. The Bertz CT molecular complexity index is 85.3. The van der Waals surface area contributed by atoms with Crippen LogP contribution in [0.2, 0.25) is 11.6 Å². The summed E-state index contributed by atoms with van der Waals surface area (Å²) in [5.74, 6) is 0. The summed E-state index contributed by atoms with van der Waals surface area (Å²) in [5.41, 5.74) is 1.01. The second-order valence-corrected chi connectivity index (χ2v) is 6.53. The van der Waals surface area contributed by atoms with Crippen molar-refractivity contribution in [1.29, 1.82) is 0 Å². The van der Waals surface area contributed by atoms with Gasteiger partial charge in [-0.3, -0.25) is 0 Å². The van der Waals surface area contributed by atoms with Gasteiger partial charge in [0.1, 0.15) is 0 Å². The summed E-state index contributed by atoms with van der Waals surface area (Å²) in [6.45, 7) is 2.28. The number of hydrogen-bond donors (Lipinski definition) is 0. The summed E-state index contributed by atoms with van der Waals surface area (Å²) in [7, 11) is 1.16. The lowest BCUT2D eigenvalue weighted by Gasteiger charge is -2.17. The molecule has 2 heteroatoms. The zero-order chi connectivity index (χ0) is 7.40. The van der Waals surface area contributed by atoms with Crippen molar-refractivity contribution < 1.29 is 4.43 Å². The van der Waals surface area contributed by atoms with Gasteiger partial charge in [-0.05, 0) is 11.6 Å². The second-order valence-electron chi connectivity index (χ2n) is 3.23. The first-order valence-electron chi connectivity index (χ1n) is 4.41. The van der Waals surface area contributed by atoms with Crippen molar-refractivity contribution >= 4 is 9.04 Å². The standard InChI is InChI=1S/C8H18OSi/c1-3-10(9-2)8-6-4-5-7-8/h8,10H,3-7H2,1-2H3. The van der Waals surface area contributed by atoms with Crippen molar-refractivity contribution in [2.24, 2.45) is 0 Å². The average molecular weight is 158 g/mol. The topological polar surface area (TPSA) is 9.23 Å². The molecule has 0 aromatic carbocycles. The van der Waals surface area contributed by atoms with E-state index in [-0.39, 0.29) is 0 Å². The van der Waals surface area contributed by atoms with Gasteiger partial charge in [-0.2, -0.15) is 0 Å². The van der Waals surface area contributed by atoms with Gasteiger partial charge < -0.3 is 4.43 Å². The van der Waals surface area contributed by atoms with Gasteiger partial charge in [0.15, 0.2) is 9.04 Å². The molecule has 0 N–H and O–H groups in total. The molecule has 1 aliphatic rings. The Kier molecular flexibility index (Phi) is 3.42. The van der Waals surface area contributed by atoms with Crippen LogP contribution in [0.1, 0.15) is 32.6 Å². The highest BCUT2D eigenvalue weighted by Gasteiger charge is 2.24. The third-order valence-corrected chi connectivity index (χ3v) is 5.76.